The number of fused-ring (bicyclic) bond motifs is 1. The number of benzene rings is 1. The van der Waals surface area contributed by atoms with Crippen molar-refractivity contribution in [3.63, 3.8) is 0 Å². The number of rotatable bonds is 2. The van der Waals surface area contributed by atoms with Gasteiger partial charge in [-0.3, -0.25) is 0 Å². The van der Waals surface area contributed by atoms with Gasteiger partial charge in [0.1, 0.15) is 0 Å². The van der Waals surface area contributed by atoms with E-state index in [2.05, 4.69) is 31.3 Å². The van der Waals surface area contributed by atoms with Crippen LogP contribution in [0.25, 0.3) is 0 Å². The molecule has 1 nitrogen and oxygen atoms in total. The third-order valence-corrected chi connectivity index (χ3v) is 5.28. The summed E-state index contributed by atoms with van der Waals surface area (Å²) in [7, 11) is 0. The molecule has 3 heteroatoms. The van der Waals surface area contributed by atoms with Crippen LogP contribution in [0.2, 0.25) is 5.02 Å². The van der Waals surface area contributed by atoms with Crippen LogP contribution < -0.4 is 5.32 Å². The van der Waals surface area contributed by atoms with Gasteiger partial charge >= 0.3 is 0 Å². The summed E-state index contributed by atoms with van der Waals surface area (Å²) in [5.74, 6) is 1.21. The normalized spacial score (nSPS) is 29.8. The Bertz CT molecular complexity index is 444. The number of halogens is 1. The summed E-state index contributed by atoms with van der Waals surface area (Å²) in [4.78, 5) is 1.40. The molecule has 0 saturated heterocycles. The summed E-state index contributed by atoms with van der Waals surface area (Å²) in [5, 5.41) is 4.65. The molecule has 1 aromatic carbocycles. The molecule has 17 heavy (non-hydrogen) atoms. The zero-order valence-corrected chi connectivity index (χ0v) is 11.9. The quantitative estimate of drug-likeness (QED) is 0.859. The molecule has 0 amide bonds. The van der Waals surface area contributed by atoms with E-state index >= 15 is 0 Å². The van der Waals surface area contributed by atoms with Gasteiger partial charge in [-0.1, -0.05) is 25.4 Å². The molecule has 2 aliphatic rings. The van der Waals surface area contributed by atoms with Crippen molar-refractivity contribution in [1.82, 2.24) is 5.32 Å². The van der Waals surface area contributed by atoms with Crippen LogP contribution in [-0.4, -0.2) is 11.8 Å². The third-order valence-electron chi connectivity index (χ3n) is 3.93. The van der Waals surface area contributed by atoms with Crippen molar-refractivity contribution in [2.75, 3.05) is 5.75 Å². The topological polar surface area (TPSA) is 12.0 Å². The fourth-order valence-corrected chi connectivity index (χ4v) is 3.82. The molecule has 2 unspecified atom stereocenters. The molecule has 0 radical (unpaired) electrons. The highest BCUT2D eigenvalue weighted by molar-refractivity contribution is 7.99. The van der Waals surface area contributed by atoms with Gasteiger partial charge in [-0.05, 0) is 47.8 Å². The molecule has 1 aromatic rings. The van der Waals surface area contributed by atoms with E-state index in [9.17, 15) is 0 Å². The molecule has 1 aliphatic carbocycles. The second-order valence-electron chi connectivity index (χ2n) is 5.78. The Labute approximate surface area is 112 Å². The molecule has 0 bridgehead atoms. The minimum Gasteiger partial charge on any atom is -0.307 e. The van der Waals surface area contributed by atoms with E-state index in [4.69, 9.17) is 11.6 Å². The van der Waals surface area contributed by atoms with Gasteiger partial charge in [0, 0.05) is 22.0 Å². The van der Waals surface area contributed by atoms with E-state index < -0.39 is 0 Å². The maximum absolute atomic E-state index is 6.11. The second-order valence-corrected chi connectivity index (χ2v) is 7.36. The zero-order chi connectivity index (χ0) is 12.0. The van der Waals surface area contributed by atoms with Crippen LogP contribution in [0.1, 0.15) is 38.3 Å². The fraction of sp³-hybridized carbons (Fsp3) is 0.571. The van der Waals surface area contributed by atoms with Gasteiger partial charge in [0.15, 0.2) is 0 Å². The van der Waals surface area contributed by atoms with Crippen LogP contribution in [0, 0.1) is 5.41 Å². The third kappa shape index (κ3) is 2.35. The molecule has 1 fully saturated rings. The molecule has 92 valence electrons. The Kier molecular flexibility index (Phi) is 2.92. The Morgan fingerprint density at radius 2 is 2.18 bits per heavy atom. The first kappa shape index (κ1) is 11.9. The van der Waals surface area contributed by atoms with Crippen LogP contribution in [0.5, 0.6) is 0 Å². The van der Waals surface area contributed by atoms with E-state index in [0.717, 1.165) is 5.02 Å². The predicted molar refractivity (Wildman–Crippen MR) is 74.9 cm³/mol. The molecule has 1 heterocycles. The second kappa shape index (κ2) is 4.18. The van der Waals surface area contributed by atoms with E-state index in [0.29, 0.717) is 17.5 Å². The van der Waals surface area contributed by atoms with Gasteiger partial charge in [0.2, 0.25) is 0 Å². The summed E-state index contributed by atoms with van der Waals surface area (Å²) in [6.45, 7) is 4.67. The van der Waals surface area contributed by atoms with E-state index in [1.165, 1.54) is 29.1 Å². The molecule has 1 N–H and O–H groups in total. The van der Waals surface area contributed by atoms with Crippen LogP contribution >= 0.6 is 23.4 Å². The Morgan fingerprint density at radius 3 is 2.88 bits per heavy atom. The highest BCUT2D eigenvalue weighted by atomic mass is 35.5. The van der Waals surface area contributed by atoms with Gasteiger partial charge in [-0.25, -0.2) is 0 Å². The molecular formula is C14H18ClNS. The minimum atomic E-state index is 0.489. The summed E-state index contributed by atoms with van der Waals surface area (Å²) in [6.07, 6.45) is 2.51. The molecule has 2 atom stereocenters. The largest absolute Gasteiger partial charge is 0.307 e. The lowest BCUT2D eigenvalue weighted by Crippen LogP contribution is -2.28. The standard InChI is InChI=1S/C14H18ClNS/c1-14(2)8-13(14)16-11-5-6-17-12-4-3-9(15)7-10(11)12/h3-4,7,11,13,16H,5-6,8H2,1-2H3. The molecule has 0 spiro atoms. The van der Waals surface area contributed by atoms with Crippen LogP contribution in [0.4, 0.5) is 0 Å². The van der Waals surface area contributed by atoms with E-state index in [-0.39, 0.29) is 0 Å². The molecule has 0 aromatic heterocycles. The highest BCUT2D eigenvalue weighted by Crippen LogP contribution is 2.47. The smallest absolute Gasteiger partial charge is 0.0410 e. The fourth-order valence-electron chi connectivity index (χ4n) is 2.53. The van der Waals surface area contributed by atoms with Gasteiger partial charge in [0.25, 0.3) is 0 Å². The number of hydrogen-bond acceptors (Lipinski definition) is 2. The first-order chi connectivity index (χ1) is 8.06. The number of thioether (sulfide) groups is 1. The monoisotopic (exact) mass is 267 g/mol. The average molecular weight is 268 g/mol. The lowest BCUT2D eigenvalue weighted by Gasteiger charge is -2.27. The Balaban J connectivity index is 1.81. The van der Waals surface area contributed by atoms with Crippen molar-refractivity contribution >= 4 is 23.4 Å². The minimum absolute atomic E-state index is 0.489. The Hall–Kier alpha value is -0.180. The summed E-state index contributed by atoms with van der Waals surface area (Å²) >= 11 is 8.06. The Morgan fingerprint density at radius 1 is 1.41 bits per heavy atom. The number of hydrogen-bond donors (Lipinski definition) is 1. The molecular weight excluding hydrogens is 250 g/mol. The van der Waals surface area contributed by atoms with E-state index in [1.807, 2.05) is 17.8 Å². The van der Waals surface area contributed by atoms with Crippen molar-refractivity contribution in [2.45, 2.75) is 43.7 Å². The van der Waals surface area contributed by atoms with Gasteiger partial charge < -0.3 is 5.32 Å². The lowest BCUT2D eigenvalue weighted by molar-refractivity contribution is 0.456. The predicted octanol–water partition coefficient (Wildman–Crippen LogP) is 4.27. The van der Waals surface area contributed by atoms with Gasteiger partial charge in [-0.15, -0.1) is 11.8 Å². The number of nitrogens with one attached hydrogen (secondary N) is 1. The van der Waals surface area contributed by atoms with Crippen LogP contribution in [0.3, 0.4) is 0 Å². The van der Waals surface area contributed by atoms with Crippen molar-refractivity contribution in [3.8, 4) is 0 Å². The van der Waals surface area contributed by atoms with Crippen molar-refractivity contribution < 1.29 is 0 Å². The SMILES string of the molecule is CC1(C)CC1NC1CCSc2ccc(Cl)cc21. The van der Waals surface area contributed by atoms with Crippen molar-refractivity contribution in [2.24, 2.45) is 5.41 Å². The van der Waals surface area contributed by atoms with Crippen LogP contribution in [0.15, 0.2) is 23.1 Å². The highest BCUT2D eigenvalue weighted by Gasteiger charge is 2.46. The lowest BCUT2D eigenvalue weighted by atomic mass is 10.0. The van der Waals surface area contributed by atoms with Crippen molar-refractivity contribution in [1.29, 1.82) is 0 Å². The van der Waals surface area contributed by atoms with Gasteiger partial charge in [0.05, 0.1) is 0 Å². The first-order valence-corrected chi connectivity index (χ1v) is 7.61. The maximum Gasteiger partial charge on any atom is 0.0410 e. The molecule has 1 aliphatic heterocycles. The van der Waals surface area contributed by atoms with Crippen molar-refractivity contribution in [3.05, 3.63) is 28.8 Å². The molecule has 1 saturated carbocycles. The maximum atomic E-state index is 6.11. The van der Waals surface area contributed by atoms with E-state index in [1.54, 1.807) is 0 Å². The first-order valence-electron chi connectivity index (χ1n) is 6.24. The average Bonchev–Trinajstić information content (AvgIpc) is 2.87. The van der Waals surface area contributed by atoms with Gasteiger partial charge in [-0.2, -0.15) is 0 Å². The van der Waals surface area contributed by atoms with Crippen LogP contribution in [-0.2, 0) is 0 Å². The zero-order valence-electron chi connectivity index (χ0n) is 10.3. The summed E-state index contributed by atoms with van der Waals surface area (Å²) in [5.41, 5.74) is 1.89. The summed E-state index contributed by atoms with van der Waals surface area (Å²) in [6, 6.07) is 7.47. The summed E-state index contributed by atoms with van der Waals surface area (Å²) < 4.78 is 0. The molecule has 3 rings (SSSR count).